The van der Waals surface area contributed by atoms with E-state index in [1.165, 1.54) is 37.5 Å². The highest BCUT2D eigenvalue weighted by molar-refractivity contribution is 8.14. The minimum absolute atomic E-state index is 0.0121. The molecule has 2 heterocycles. The molecule has 1 saturated heterocycles. The molecule has 0 spiro atoms. The predicted octanol–water partition coefficient (Wildman–Crippen LogP) is 5.31. The van der Waals surface area contributed by atoms with E-state index < -0.39 is 87.0 Å². The average molecular weight is 733 g/mol. The zero-order chi connectivity index (χ0) is 37.0. The monoisotopic (exact) mass is 732 g/mol. The maximum atomic E-state index is 17.7. The van der Waals surface area contributed by atoms with Crippen LogP contribution in [0.15, 0.2) is 46.6 Å². The van der Waals surface area contributed by atoms with Crippen LogP contribution in [0.4, 0.5) is 13.6 Å². The van der Waals surface area contributed by atoms with Crippen molar-refractivity contribution in [3.8, 4) is 11.8 Å². The Hall–Kier alpha value is -3.51. The summed E-state index contributed by atoms with van der Waals surface area (Å²) >= 11 is 0.774. The number of thioether (sulfide) groups is 1. The molecular weight excluding hydrogens is 690 g/mol. The number of carbonyl (C=O) groups excluding carboxylic acids is 4. The van der Waals surface area contributed by atoms with Crippen molar-refractivity contribution in [1.82, 2.24) is 0 Å². The number of halogens is 2. The Morgan fingerprint density at radius 3 is 2.57 bits per heavy atom. The van der Waals surface area contributed by atoms with Crippen LogP contribution in [0.25, 0.3) is 0 Å². The van der Waals surface area contributed by atoms with Gasteiger partial charge < -0.3 is 33.2 Å². The fourth-order valence-electron chi connectivity index (χ4n) is 9.26. The first-order valence-corrected chi connectivity index (χ1v) is 17.9. The van der Waals surface area contributed by atoms with E-state index >= 15 is 8.78 Å². The molecule has 4 aliphatic carbocycles. The van der Waals surface area contributed by atoms with Gasteiger partial charge in [0.1, 0.15) is 18.9 Å². The largest absolute Gasteiger partial charge is 0.509 e. The van der Waals surface area contributed by atoms with Gasteiger partial charge in [0.05, 0.1) is 24.7 Å². The number of ether oxygens (including phenoxy) is 5. The summed E-state index contributed by atoms with van der Waals surface area (Å²) in [6.45, 7) is 8.29. The van der Waals surface area contributed by atoms with Crippen LogP contribution in [0, 0.1) is 40.4 Å². The highest BCUT2D eigenvalue weighted by Crippen LogP contribution is 2.72. The molecule has 0 amide bonds. The van der Waals surface area contributed by atoms with E-state index in [-0.39, 0.29) is 56.2 Å². The van der Waals surface area contributed by atoms with Crippen LogP contribution in [0.5, 0.6) is 0 Å². The van der Waals surface area contributed by atoms with Crippen molar-refractivity contribution in [2.45, 2.75) is 89.3 Å². The minimum atomic E-state index is -2.37. The number of furan rings is 1. The molecule has 1 aliphatic heterocycles. The zero-order valence-electron chi connectivity index (χ0n) is 29.1. The molecule has 0 unspecified atom stereocenters. The SMILES string of the molecule is C[C@@H]1C[C@H]2[C@@H]3C[C@H](F)C4=CC(=O)C=C[C@]4(C)[C@@]3(F)[C@@H](O)C[C@]2(C)[C@@]1(OC(=O)c1ccco1)C(=O)SCC#CCOC(=O)OC[C@@H]1COC(C)(C)O1. The van der Waals surface area contributed by atoms with Crippen molar-refractivity contribution in [3.63, 3.8) is 0 Å². The predicted molar refractivity (Wildman–Crippen MR) is 177 cm³/mol. The van der Waals surface area contributed by atoms with Crippen molar-refractivity contribution >= 4 is 34.8 Å². The molecule has 6 rings (SSSR count). The van der Waals surface area contributed by atoms with Crippen LogP contribution in [-0.2, 0) is 33.3 Å². The van der Waals surface area contributed by atoms with Crippen molar-refractivity contribution in [3.05, 3.63) is 48.0 Å². The second-order valence-corrected chi connectivity index (χ2v) is 15.8. The number of hydrogen-bond acceptors (Lipinski definition) is 12. The number of carbonyl (C=O) groups is 4. The molecule has 14 heteroatoms. The van der Waals surface area contributed by atoms with Gasteiger partial charge >= 0.3 is 12.1 Å². The van der Waals surface area contributed by atoms with Crippen molar-refractivity contribution in [2.24, 2.45) is 28.6 Å². The molecular formula is C37H42F2O11S. The summed E-state index contributed by atoms with van der Waals surface area (Å²) < 4.78 is 66.1. The highest BCUT2D eigenvalue weighted by Gasteiger charge is 2.78. The van der Waals surface area contributed by atoms with Crippen LogP contribution in [0.2, 0.25) is 0 Å². The van der Waals surface area contributed by atoms with Gasteiger partial charge in [0, 0.05) is 22.7 Å². The van der Waals surface area contributed by atoms with Gasteiger partial charge in [0.2, 0.25) is 10.9 Å². The molecule has 51 heavy (non-hydrogen) atoms. The number of esters is 1. The van der Waals surface area contributed by atoms with Gasteiger partial charge in [0.15, 0.2) is 29.4 Å². The third-order valence-electron chi connectivity index (χ3n) is 11.6. The number of rotatable bonds is 7. The summed E-state index contributed by atoms with van der Waals surface area (Å²) in [6.07, 6.45) is -0.212. The molecule has 1 aromatic heterocycles. The summed E-state index contributed by atoms with van der Waals surface area (Å²) in [4.78, 5) is 52.1. The minimum Gasteiger partial charge on any atom is -0.457 e. The van der Waals surface area contributed by atoms with E-state index in [1.54, 1.807) is 27.7 Å². The van der Waals surface area contributed by atoms with Gasteiger partial charge in [-0.2, -0.15) is 0 Å². The molecule has 10 atom stereocenters. The maximum Gasteiger partial charge on any atom is 0.509 e. The third-order valence-corrected chi connectivity index (χ3v) is 12.4. The fourth-order valence-corrected chi connectivity index (χ4v) is 10.3. The summed E-state index contributed by atoms with van der Waals surface area (Å²) in [6, 6.07) is 2.88. The quantitative estimate of drug-likeness (QED) is 0.286. The normalized spacial score (nSPS) is 39.1. The first-order chi connectivity index (χ1) is 24.0. The molecule has 276 valence electrons. The Morgan fingerprint density at radius 2 is 1.88 bits per heavy atom. The molecule has 4 fully saturated rings. The number of aliphatic hydroxyl groups is 1. The van der Waals surface area contributed by atoms with Gasteiger partial charge in [-0.15, -0.1) is 0 Å². The van der Waals surface area contributed by atoms with Crippen LogP contribution in [0.1, 0.15) is 64.4 Å². The standard InChI is InChI=1S/C37H42F2O11S/c1-21-15-24-25-17-27(38)26-16-22(40)10-11-34(26,4)36(25,39)29(41)18-35(24,5)37(21,50-30(42)28-9-8-13-45-28)31(43)51-14-7-6-12-46-32(44)47-19-23-20-48-33(2,3)49-23/h8-11,13,16,21,23-25,27,29,41H,12,14-15,17-20H2,1-5H3/t21-,23-,24+,25+,27+,29+,34+,35+,36+,37+/m1/s1. The van der Waals surface area contributed by atoms with Gasteiger partial charge in [0.25, 0.3) is 0 Å². The van der Waals surface area contributed by atoms with E-state index in [0.29, 0.717) is 0 Å². The van der Waals surface area contributed by atoms with E-state index in [2.05, 4.69) is 11.8 Å². The second kappa shape index (κ2) is 13.5. The van der Waals surface area contributed by atoms with Gasteiger partial charge in [-0.3, -0.25) is 9.59 Å². The lowest BCUT2D eigenvalue weighted by molar-refractivity contribution is -0.221. The van der Waals surface area contributed by atoms with Crippen LogP contribution in [0.3, 0.4) is 0 Å². The molecule has 5 aliphatic rings. The van der Waals surface area contributed by atoms with Crippen molar-refractivity contribution in [2.75, 3.05) is 25.6 Å². The Bertz CT molecular complexity index is 1700. The van der Waals surface area contributed by atoms with E-state index in [4.69, 9.17) is 28.1 Å². The van der Waals surface area contributed by atoms with E-state index in [1.807, 2.05) is 0 Å². The number of ketones is 1. The third kappa shape index (κ3) is 6.13. The van der Waals surface area contributed by atoms with E-state index in [0.717, 1.165) is 17.8 Å². The van der Waals surface area contributed by atoms with Crippen LogP contribution in [-0.4, -0.2) is 89.1 Å². The lowest BCUT2D eigenvalue weighted by Gasteiger charge is -2.63. The molecule has 11 nitrogen and oxygen atoms in total. The van der Waals surface area contributed by atoms with Crippen molar-refractivity contribution < 1.29 is 61.2 Å². The number of allylic oxidation sites excluding steroid dienone is 4. The molecule has 0 bridgehead atoms. The Balaban J connectivity index is 1.20. The highest BCUT2D eigenvalue weighted by atomic mass is 32.2. The second-order valence-electron chi connectivity index (χ2n) is 14.8. The van der Waals surface area contributed by atoms with Gasteiger partial charge in [-0.25, -0.2) is 18.4 Å². The number of hydrogen-bond donors (Lipinski definition) is 1. The van der Waals surface area contributed by atoms with E-state index in [9.17, 15) is 24.3 Å². The number of fused-ring (bicyclic) bond motifs is 5. The molecule has 1 aromatic rings. The summed E-state index contributed by atoms with van der Waals surface area (Å²) in [5.74, 6) is 0.592. The summed E-state index contributed by atoms with van der Waals surface area (Å²) in [5.41, 5.74) is -7.23. The average Bonchev–Trinajstić information content (AvgIpc) is 3.78. The van der Waals surface area contributed by atoms with Crippen LogP contribution >= 0.6 is 11.8 Å². The van der Waals surface area contributed by atoms with Gasteiger partial charge in [-0.1, -0.05) is 43.5 Å². The topological polar surface area (TPSA) is 148 Å². The first-order valence-electron chi connectivity index (χ1n) is 17.0. The first kappa shape index (κ1) is 37.3. The van der Waals surface area contributed by atoms with Gasteiger partial charge in [-0.05, 0) is 75.8 Å². The lowest BCUT2D eigenvalue weighted by atomic mass is 9.44. The maximum absolute atomic E-state index is 17.7. The van der Waals surface area contributed by atoms with Crippen LogP contribution < -0.4 is 0 Å². The summed E-state index contributed by atoms with van der Waals surface area (Å²) in [5, 5.41) is 11.2. The zero-order valence-corrected chi connectivity index (χ0v) is 29.9. The summed E-state index contributed by atoms with van der Waals surface area (Å²) in [7, 11) is 0. The number of aliphatic hydroxyl groups excluding tert-OH is 1. The lowest BCUT2D eigenvalue weighted by Crippen LogP contribution is -2.70. The molecule has 0 radical (unpaired) electrons. The number of alkyl halides is 2. The smallest absolute Gasteiger partial charge is 0.457 e. The Morgan fingerprint density at radius 1 is 1.12 bits per heavy atom. The molecule has 3 saturated carbocycles. The Labute approximate surface area is 298 Å². The molecule has 0 aromatic carbocycles. The molecule has 1 N–H and O–H groups in total. The fraction of sp³-hybridized carbons (Fsp3) is 0.622. The Kier molecular flexibility index (Phi) is 9.84. The van der Waals surface area contributed by atoms with Crippen molar-refractivity contribution in [1.29, 1.82) is 0 Å².